The molecule has 10 heteroatoms. The van der Waals surface area contributed by atoms with Gasteiger partial charge in [-0.05, 0) is 18.6 Å². The standard InChI is InChI=1S/C16H14F4N4O2/c17-12-8-10(2-3-11(12)16(18,19)20)13-14(25)22-15(26)24(13)6-1-5-23-7-4-21-9-23/h2-4,7-9,25H,1,5-6H2,(H,22,26). The molecule has 3 rings (SSSR count). The van der Waals surface area contributed by atoms with Crippen LogP contribution < -0.4 is 5.69 Å². The number of imidazole rings is 2. The van der Waals surface area contributed by atoms with Crippen LogP contribution in [0.4, 0.5) is 17.6 Å². The maximum atomic E-state index is 13.8. The van der Waals surface area contributed by atoms with E-state index in [0.717, 1.165) is 10.6 Å². The zero-order chi connectivity index (χ0) is 18.9. The number of aromatic amines is 1. The highest BCUT2D eigenvalue weighted by atomic mass is 19.4. The molecule has 0 unspecified atom stereocenters. The minimum Gasteiger partial charge on any atom is -0.493 e. The Kier molecular flexibility index (Phi) is 4.58. The quantitative estimate of drug-likeness (QED) is 0.678. The van der Waals surface area contributed by atoms with E-state index >= 15 is 0 Å². The number of halogens is 4. The number of aromatic nitrogens is 4. The SMILES string of the molecule is O=c1[nH]c(O)c(-c2ccc(C(F)(F)F)c(F)c2)n1CCCn1ccnc1. The van der Waals surface area contributed by atoms with E-state index in [1.54, 1.807) is 23.3 Å². The van der Waals surface area contributed by atoms with Crippen molar-refractivity contribution in [3.8, 4) is 17.1 Å². The van der Waals surface area contributed by atoms with Crippen molar-refractivity contribution in [1.82, 2.24) is 19.1 Å². The number of nitrogens with one attached hydrogen (secondary N) is 1. The van der Waals surface area contributed by atoms with Crippen LogP contribution in [0.3, 0.4) is 0 Å². The summed E-state index contributed by atoms with van der Waals surface area (Å²) in [5, 5.41) is 9.93. The molecule has 1 aromatic carbocycles. The van der Waals surface area contributed by atoms with Crippen molar-refractivity contribution in [3.63, 3.8) is 0 Å². The molecule has 0 amide bonds. The van der Waals surface area contributed by atoms with Crippen LogP contribution in [0.25, 0.3) is 11.3 Å². The summed E-state index contributed by atoms with van der Waals surface area (Å²) in [4.78, 5) is 18.1. The molecule has 0 radical (unpaired) electrons. The maximum absolute atomic E-state index is 13.8. The fourth-order valence-electron chi connectivity index (χ4n) is 2.69. The first-order valence-electron chi connectivity index (χ1n) is 7.62. The summed E-state index contributed by atoms with van der Waals surface area (Å²) in [6.07, 6.45) is 0.606. The Balaban J connectivity index is 1.90. The Morgan fingerprint density at radius 3 is 2.62 bits per heavy atom. The lowest BCUT2D eigenvalue weighted by atomic mass is 10.1. The zero-order valence-electron chi connectivity index (χ0n) is 13.3. The Morgan fingerprint density at radius 1 is 1.23 bits per heavy atom. The molecule has 0 atom stereocenters. The third kappa shape index (κ3) is 3.48. The van der Waals surface area contributed by atoms with Crippen molar-refractivity contribution < 1.29 is 22.7 Å². The molecule has 26 heavy (non-hydrogen) atoms. The van der Waals surface area contributed by atoms with Gasteiger partial charge in [0.15, 0.2) is 0 Å². The van der Waals surface area contributed by atoms with Gasteiger partial charge in [-0.1, -0.05) is 6.07 Å². The van der Waals surface area contributed by atoms with E-state index in [4.69, 9.17) is 0 Å². The highest BCUT2D eigenvalue weighted by Gasteiger charge is 2.34. The van der Waals surface area contributed by atoms with E-state index < -0.39 is 29.1 Å². The molecule has 0 saturated carbocycles. The Hall–Kier alpha value is -3.04. The number of nitrogens with zero attached hydrogens (tertiary/aromatic N) is 3. The Morgan fingerprint density at radius 2 is 2.00 bits per heavy atom. The van der Waals surface area contributed by atoms with Crippen LogP contribution in [0.5, 0.6) is 5.88 Å². The molecule has 3 aromatic rings. The van der Waals surface area contributed by atoms with Crippen molar-refractivity contribution in [1.29, 1.82) is 0 Å². The van der Waals surface area contributed by atoms with Gasteiger partial charge < -0.3 is 9.67 Å². The highest BCUT2D eigenvalue weighted by Crippen LogP contribution is 2.34. The fraction of sp³-hybridized carbons (Fsp3) is 0.250. The lowest BCUT2D eigenvalue weighted by molar-refractivity contribution is -0.139. The number of hydrogen-bond donors (Lipinski definition) is 2. The second kappa shape index (κ2) is 6.70. The van der Waals surface area contributed by atoms with Gasteiger partial charge in [-0.3, -0.25) is 9.55 Å². The van der Waals surface area contributed by atoms with E-state index in [1.807, 2.05) is 0 Å². The maximum Gasteiger partial charge on any atom is 0.419 e. The van der Waals surface area contributed by atoms with Gasteiger partial charge in [0, 0.05) is 31.0 Å². The predicted molar refractivity (Wildman–Crippen MR) is 84.0 cm³/mol. The number of aromatic hydroxyl groups is 1. The Labute approximate surface area is 144 Å². The number of rotatable bonds is 5. The lowest BCUT2D eigenvalue weighted by Crippen LogP contribution is -2.19. The zero-order valence-corrected chi connectivity index (χ0v) is 13.3. The van der Waals surface area contributed by atoms with Crippen LogP contribution in [0, 0.1) is 5.82 Å². The first-order valence-corrected chi connectivity index (χ1v) is 7.62. The molecule has 2 aromatic heterocycles. The molecule has 0 spiro atoms. The molecule has 0 fully saturated rings. The molecular weight excluding hydrogens is 356 g/mol. The van der Waals surface area contributed by atoms with Gasteiger partial charge in [-0.25, -0.2) is 14.2 Å². The van der Waals surface area contributed by atoms with Gasteiger partial charge >= 0.3 is 11.9 Å². The van der Waals surface area contributed by atoms with Gasteiger partial charge in [0.2, 0.25) is 5.88 Å². The topological polar surface area (TPSA) is 75.8 Å². The summed E-state index contributed by atoms with van der Waals surface area (Å²) in [5.41, 5.74) is -2.14. The minimum atomic E-state index is -4.83. The number of hydrogen-bond acceptors (Lipinski definition) is 3. The molecular formula is C16H14F4N4O2. The fourth-order valence-corrected chi connectivity index (χ4v) is 2.69. The van der Waals surface area contributed by atoms with Gasteiger partial charge in [0.05, 0.1) is 11.9 Å². The summed E-state index contributed by atoms with van der Waals surface area (Å²) in [7, 11) is 0. The number of H-pyrrole nitrogens is 1. The van der Waals surface area contributed by atoms with Crippen LogP contribution >= 0.6 is 0 Å². The van der Waals surface area contributed by atoms with Crippen LogP contribution in [0.2, 0.25) is 0 Å². The van der Waals surface area contributed by atoms with E-state index in [-0.39, 0.29) is 17.8 Å². The van der Waals surface area contributed by atoms with Crippen molar-refractivity contribution in [2.24, 2.45) is 0 Å². The van der Waals surface area contributed by atoms with E-state index in [2.05, 4.69) is 9.97 Å². The van der Waals surface area contributed by atoms with Crippen LogP contribution in [-0.4, -0.2) is 24.2 Å². The normalized spacial score (nSPS) is 11.8. The monoisotopic (exact) mass is 370 g/mol. The van der Waals surface area contributed by atoms with Gasteiger partial charge in [0.25, 0.3) is 0 Å². The minimum absolute atomic E-state index is 0.0334. The first-order chi connectivity index (χ1) is 12.3. The summed E-state index contributed by atoms with van der Waals surface area (Å²) < 4.78 is 54.8. The second-order valence-corrected chi connectivity index (χ2v) is 5.63. The van der Waals surface area contributed by atoms with Gasteiger partial charge in [-0.2, -0.15) is 13.2 Å². The molecule has 0 bridgehead atoms. The molecule has 138 valence electrons. The molecule has 0 aliphatic carbocycles. The molecule has 0 saturated heterocycles. The largest absolute Gasteiger partial charge is 0.493 e. The number of benzene rings is 1. The van der Waals surface area contributed by atoms with Crippen LogP contribution in [0.15, 0.2) is 41.7 Å². The average Bonchev–Trinajstić information content (AvgIpc) is 3.14. The van der Waals surface area contributed by atoms with Crippen molar-refractivity contribution >= 4 is 0 Å². The van der Waals surface area contributed by atoms with Crippen molar-refractivity contribution in [2.45, 2.75) is 25.7 Å². The van der Waals surface area contributed by atoms with Crippen molar-refractivity contribution in [2.75, 3.05) is 0 Å². The molecule has 6 nitrogen and oxygen atoms in total. The van der Waals surface area contributed by atoms with Crippen LogP contribution in [0.1, 0.15) is 12.0 Å². The van der Waals surface area contributed by atoms with E-state index in [9.17, 15) is 27.5 Å². The molecule has 2 heterocycles. The third-order valence-electron chi connectivity index (χ3n) is 3.87. The predicted octanol–water partition coefficient (Wildman–Crippen LogP) is 2.99. The van der Waals surface area contributed by atoms with Crippen molar-refractivity contribution in [3.05, 3.63) is 58.8 Å². The number of alkyl halides is 3. The molecule has 2 N–H and O–H groups in total. The average molecular weight is 370 g/mol. The van der Waals surface area contributed by atoms with Gasteiger partial charge in [-0.15, -0.1) is 0 Å². The van der Waals surface area contributed by atoms with Gasteiger partial charge in [0.1, 0.15) is 11.5 Å². The van der Waals surface area contributed by atoms with Crippen LogP contribution in [-0.2, 0) is 19.3 Å². The van der Waals surface area contributed by atoms with E-state index in [1.165, 1.54) is 0 Å². The summed E-state index contributed by atoms with van der Waals surface area (Å²) in [5.74, 6) is -2.01. The number of aryl methyl sites for hydroxylation is 1. The lowest BCUT2D eigenvalue weighted by Gasteiger charge is -2.11. The highest BCUT2D eigenvalue weighted by molar-refractivity contribution is 5.65. The molecule has 0 aliphatic heterocycles. The Bertz CT molecular complexity index is 958. The summed E-state index contributed by atoms with van der Waals surface area (Å²) in [6, 6.07) is 2.25. The molecule has 0 aliphatic rings. The first kappa shape index (κ1) is 17.8. The van der Waals surface area contributed by atoms with E-state index in [0.29, 0.717) is 25.1 Å². The third-order valence-corrected chi connectivity index (χ3v) is 3.87. The second-order valence-electron chi connectivity index (χ2n) is 5.63. The smallest absolute Gasteiger partial charge is 0.419 e. The summed E-state index contributed by atoms with van der Waals surface area (Å²) in [6.45, 7) is 0.714. The summed E-state index contributed by atoms with van der Waals surface area (Å²) >= 11 is 0.